The molecule has 1 aromatic heterocycles. The van der Waals surface area contributed by atoms with Crippen molar-refractivity contribution in [2.75, 3.05) is 6.67 Å². The monoisotopic (exact) mass is 188 g/mol. The number of hydrogen-bond acceptors (Lipinski definition) is 4. The van der Waals surface area contributed by atoms with E-state index in [2.05, 4.69) is 15.5 Å². The van der Waals surface area contributed by atoms with Crippen molar-refractivity contribution in [3.8, 4) is 0 Å². The van der Waals surface area contributed by atoms with Crippen LogP contribution in [-0.4, -0.2) is 38.0 Å². The van der Waals surface area contributed by atoms with Crippen LogP contribution >= 0.6 is 0 Å². The lowest BCUT2D eigenvalue weighted by atomic mass is 10.3. The minimum absolute atomic E-state index is 0.0489. The van der Waals surface area contributed by atoms with E-state index in [4.69, 9.17) is 5.11 Å². The normalized spacial score (nSPS) is 10.2. The molecule has 0 fully saturated rings. The standard InChI is InChI=1S/C6H9FN4O2/c7-3-4-11-5(8-9-10-11)1-2-6(12)13/h1-4H2,(H,12,13). The minimum Gasteiger partial charge on any atom is -0.481 e. The first-order valence-corrected chi connectivity index (χ1v) is 3.77. The van der Waals surface area contributed by atoms with Crippen LogP contribution in [0.1, 0.15) is 12.2 Å². The maximum Gasteiger partial charge on any atom is 0.303 e. The first-order chi connectivity index (χ1) is 6.24. The Hall–Kier alpha value is -1.53. The van der Waals surface area contributed by atoms with Crippen LogP contribution in [0.3, 0.4) is 0 Å². The molecule has 0 aliphatic heterocycles. The minimum atomic E-state index is -0.921. The molecule has 6 nitrogen and oxygen atoms in total. The summed E-state index contributed by atoms with van der Waals surface area (Å²) < 4.78 is 13.2. The average Bonchev–Trinajstić information content (AvgIpc) is 2.49. The Morgan fingerprint density at radius 2 is 2.38 bits per heavy atom. The van der Waals surface area contributed by atoms with Crippen molar-refractivity contribution >= 4 is 5.97 Å². The van der Waals surface area contributed by atoms with Gasteiger partial charge >= 0.3 is 5.97 Å². The molecule has 1 heterocycles. The van der Waals surface area contributed by atoms with E-state index >= 15 is 0 Å². The van der Waals surface area contributed by atoms with Gasteiger partial charge in [0.15, 0.2) is 5.82 Å². The molecular weight excluding hydrogens is 179 g/mol. The number of aliphatic carboxylic acids is 1. The van der Waals surface area contributed by atoms with Gasteiger partial charge in [0.1, 0.15) is 6.67 Å². The SMILES string of the molecule is O=C(O)CCc1nnnn1CCF. The van der Waals surface area contributed by atoms with Gasteiger partial charge in [-0.25, -0.2) is 9.07 Å². The van der Waals surface area contributed by atoms with Gasteiger partial charge in [-0.2, -0.15) is 0 Å². The first kappa shape index (κ1) is 9.56. The van der Waals surface area contributed by atoms with Gasteiger partial charge < -0.3 is 5.11 Å². The molecule has 0 bridgehead atoms. The molecule has 1 aromatic rings. The molecule has 0 aliphatic rings. The molecular formula is C6H9FN4O2. The van der Waals surface area contributed by atoms with Crippen molar-refractivity contribution in [2.45, 2.75) is 19.4 Å². The molecule has 1 N–H and O–H groups in total. The summed E-state index contributed by atoms with van der Waals surface area (Å²) in [6, 6.07) is 0. The summed E-state index contributed by atoms with van der Waals surface area (Å²) in [5.74, 6) is -0.519. The topological polar surface area (TPSA) is 80.9 Å². The predicted octanol–water partition coefficient (Wildman–Crippen LogP) is -0.340. The third kappa shape index (κ3) is 2.77. The molecule has 0 saturated heterocycles. The highest BCUT2D eigenvalue weighted by molar-refractivity contribution is 5.66. The number of aromatic nitrogens is 4. The molecule has 0 atom stereocenters. The van der Waals surface area contributed by atoms with E-state index in [0.717, 1.165) is 0 Å². The van der Waals surface area contributed by atoms with E-state index in [0.29, 0.717) is 5.82 Å². The zero-order valence-electron chi connectivity index (χ0n) is 6.85. The zero-order chi connectivity index (χ0) is 9.68. The van der Waals surface area contributed by atoms with Gasteiger partial charge in [-0.3, -0.25) is 4.79 Å². The summed E-state index contributed by atoms with van der Waals surface area (Å²) >= 11 is 0. The van der Waals surface area contributed by atoms with Crippen LogP contribution < -0.4 is 0 Å². The number of hydrogen-bond donors (Lipinski definition) is 1. The van der Waals surface area contributed by atoms with Crippen molar-refractivity contribution < 1.29 is 14.3 Å². The van der Waals surface area contributed by atoms with Crippen molar-refractivity contribution in [3.63, 3.8) is 0 Å². The van der Waals surface area contributed by atoms with Gasteiger partial charge in [-0.05, 0) is 10.4 Å². The Kier molecular flexibility index (Phi) is 3.30. The fraction of sp³-hybridized carbons (Fsp3) is 0.667. The quantitative estimate of drug-likeness (QED) is 0.683. The summed E-state index contributed by atoms with van der Waals surface area (Å²) in [6.07, 6.45) is 0.176. The Morgan fingerprint density at radius 3 is 3.00 bits per heavy atom. The number of nitrogens with zero attached hydrogens (tertiary/aromatic N) is 4. The summed E-state index contributed by atoms with van der Waals surface area (Å²) in [4.78, 5) is 10.2. The molecule has 13 heavy (non-hydrogen) atoms. The Balaban J connectivity index is 2.54. The predicted molar refractivity (Wildman–Crippen MR) is 39.7 cm³/mol. The number of carbonyl (C=O) groups is 1. The van der Waals surface area contributed by atoms with E-state index in [-0.39, 0.29) is 19.4 Å². The number of carboxylic acids is 1. The highest BCUT2D eigenvalue weighted by Gasteiger charge is 2.07. The highest BCUT2D eigenvalue weighted by Crippen LogP contribution is 1.97. The highest BCUT2D eigenvalue weighted by atomic mass is 19.1. The third-order valence-electron chi connectivity index (χ3n) is 1.46. The van der Waals surface area contributed by atoms with Crippen molar-refractivity contribution in [3.05, 3.63) is 5.82 Å². The lowest BCUT2D eigenvalue weighted by Crippen LogP contribution is -2.09. The largest absolute Gasteiger partial charge is 0.481 e. The van der Waals surface area contributed by atoms with Gasteiger partial charge in [-0.1, -0.05) is 0 Å². The maximum absolute atomic E-state index is 11.9. The van der Waals surface area contributed by atoms with Crippen LogP contribution in [-0.2, 0) is 17.8 Å². The molecule has 72 valence electrons. The number of carboxylic acid groups (broad SMARTS) is 1. The fourth-order valence-corrected chi connectivity index (χ4v) is 0.875. The van der Waals surface area contributed by atoms with Crippen LogP contribution in [0.4, 0.5) is 4.39 Å². The van der Waals surface area contributed by atoms with Crippen LogP contribution in [0.5, 0.6) is 0 Å². The number of aryl methyl sites for hydroxylation is 2. The Bertz CT molecular complexity index is 288. The summed E-state index contributed by atoms with van der Waals surface area (Å²) in [5.41, 5.74) is 0. The lowest BCUT2D eigenvalue weighted by Gasteiger charge is -1.98. The molecule has 7 heteroatoms. The van der Waals surface area contributed by atoms with Crippen molar-refractivity contribution in [1.82, 2.24) is 20.2 Å². The van der Waals surface area contributed by atoms with Crippen molar-refractivity contribution in [2.24, 2.45) is 0 Å². The van der Waals surface area contributed by atoms with Gasteiger partial charge in [0.2, 0.25) is 0 Å². The van der Waals surface area contributed by atoms with Gasteiger partial charge in [0, 0.05) is 6.42 Å². The van der Waals surface area contributed by atoms with Crippen LogP contribution in [0.2, 0.25) is 0 Å². The van der Waals surface area contributed by atoms with Crippen LogP contribution in [0.15, 0.2) is 0 Å². The second-order valence-corrected chi connectivity index (χ2v) is 2.40. The Labute approximate surface area is 73.4 Å². The van der Waals surface area contributed by atoms with Gasteiger partial charge in [0.25, 0.3) is 0 Å². The number of rotatable bonds is 5. The smallest absolute Gasteiger partial charge is 0.303 e. The second kappa shape index (κ2) is 4.48. The molecule has 0 radical (unpaired) electrons. The summed E-state index contributed by atoms with van der Waals surface area (Å²) in [5, 5.41) is 18.8. The van der Waals surface area contributed by atoms with Gasteiger partial charge in [0.05, 0.1) is 13.0 Å². The number of alkyl halides is 1. The maximum atomic E-state index is 11.9. The zero-order valence-corrected chi connectivity index (χ0v) is 6.85. The van der Waals surface area contributed by atoms with E-state index in [1.807, 2.05) is 0 Å². The van der Waals surface area contributed by atoms with Gasteiger partial charge in [-0.15, -0.1) is 5.10 Å². The summed E-state index contributed by atoms with van der Waals surface area (Å²) in [6.45, 7) is -0.493. The molecule has 1 rings (SSSR count). The average molecular weight is 188 g/mol. The van der Waals surface area contributed by atoms with Crippen LogP contribution in [0, 0.1) is 0 Å². The molecule has 0 amide bonds. The molecule has 0 aliphatic carbocycles. The van der Waals surface area contributed by atoms with E-state index in [1.165, 1.54) is 4.68 Å². The van der Waals surface area contributed by atoms with E-state index < -0.39 is 12.6 Å². The second-order valence-electron chi connectivity index (χ2n) is 2.40. The number of halogens is 1. The van der Waals surface area contributed by atoms with Crippen LogP contribution in [0.25, 0.3) is 0 Å². The first-order valence-electron chi connectivity index (χ1n) is 3.77. The third-order valence-corrected chi connectivity index (χ3v) is 1.46. The van der Waals surface area contributed by atoms with E-state index in [1.54, 1.807) is 0 Å². The fourth-order valence-electron chi connectivity index (χ4n) is 0.875. The molecule has 0 aromatic carbocycles. The molecule has 0 saturated carbocycles. The molecule has 0 unspecified atom stereocenters. The van der Waals surface area contributed by atoms with E-state index in [9.17, 15) is 9.18 Å². The molecule has 0 spiro atoms. The lowest BCUT2D eigenvalue weighted by molar-refractivity contribution is -0.137. The Morgan fingerprint density at radius 1 is 1.62 bits per heavy atom. The van der Waals surface area contributed by atoms with Crippen molar-refractivity contribution in [1.29, 1.82) is 0 Å². The number of tetrazole rings is 1. The summed E-state index contributed by atoms with van der Waals surface area (Å²) in [7, 11) is 0.